The van der Waals surface area contributed by atoms with Crippen LogP contribution in [0.3, 0.4) is 0 Å². The van der Waals surface area contributed by atoms with Gasteiger partial charge in [-0.15, -0.1) is 5.10 Å². The summed E-state index contributed by atoms with van der Waals surface area (Å²) in [6.45, 7) is 10.6. The molecular formula is C32H45ClN10O4. The minimum Gasteiger partial charge on any atom is -0.487 e. The summed E-state index contributed by atoms with van der Waals surface area (Å²) in [5.74, 6) is 1.38. The molecule has 0 amide bonds. The van der Waals surface area contributed by atoms with Crippen LogP contribution in [0.1, 0.15) is 52.5 Å². The molecule has 0 bridgehead atoms. The van der Waals surface area contributed by atoms with Crippen LogP contribution in [0, 0.1) is 10.9 Å². The second kappa shape index (κ2) is 16.8. The number of morpholine rings is 1. The molecule has 14 nitrogen and oxygen atoms in total. The molecule has 1 aliphatic carbocycles. The van der Waals surface area contributed by atoms with Gasteiger partial charge in [0.2, 0.25) is 5.95 Å². The summed E-state index contributed by atoms with van der Waals surface area (Å²) in [5.41, 5.74) is 9.44. The molecule has 0 spiro atoms. The SMILES string of the molecule is CC(C)OCCOc1nn(C2CCC(N3CCOCC3)CC2)cc1Nc1ncc(-c2ccc(Cl)c(O[C@@H](C)CN(C=N)N=N)c2)cn1. The smallest absolute Gasteiger partial charge is 0.257 e. The standard InChI is InChI=1S/C32H45ClN10O4/c1-22(2)45-14-15-46-31-29(20-43(39-31)27-7-5-26(6-8-27)41-10-12-44-13-11-41)38-32-36-17-25(18-37-32)24-4-9-28(33)30(16-24)47-23(3)19-42(21-34)40-35/h4,9,16-18,20-23,26-27,34-35H,5-8,10-15,19H2,1-3H3,(H,36,37,38)/t23-,26?,27?/m0/s1. The maximum Gasteiger partial charge on any atom is 0.257 e. The molecule has 0 unspecified atom stereocenters. The number of halogens is 1. The summed E-state index contributed by atoms with van der Waals surface area (Å²) in [6, 6.07) is 6.34. The highest BCUT2D eigenvalue weighted by molar-refractivity contribution is 6.32. The summed E-state index contributed by atoms with van der Waals surface area (Å²) < 4.78 is 25.3. The second-order valence-corrected chi connectivity index (χ2v) is 12.5. The Bertz CT molecular complexity index is 1430. The van der Waals surface area contributed by atoms with Crippen LogP contribution in [0.2, 0.25) is 5.02 Å². The van der Waals surface area contributed by atoms with Gasteiger partial charge in [0, 0.05) is 37.1 Å². The Labute approximate surface area is 280 Å². The summed E-state index contributed by atoms with van der Waals surface area (Å²) in [6.07, 6.45) is 10.6. The number of hydrogen-bond donors (Lipinski definition) is 3. The van der Waals surface area contributed by atoms with E-state index in [0.717, 1.165) is 69.5 Å². The average molecular weight is 669 g/mol. The van der Waals surface area contributed by atoms with Crippen molar-refractivity contribution in [1.82, 2.24) is 29.7 Å². The van der Waals surface area contributed by atoms with E-state index in [9.17, 15) is 0 Å². The number of aromatic nitrogens is 4. The van der Waals surface area contributed by atoms with E-state index in [4.69, 9.17) is 46.6 Å². The maximum absolute atomic E-state index is 7.33. The lowest BCUT2D eigenvalue weighted by molar-refractivity contribution is 0.00501. The Morgan fingerprint density at radius 2 is 1.81 bits per heavy atom. The first kappa shape index (κ1) is 34.5. The topological polar surface area (TPSA) is 159 Å². The molecule has 15 heteroatoms. The molecule has 5 rings (SSSR count). The quantitative estimate of drug-likeness (QED) is 0.0545. The van der Waals surface area contributed by atoms with E-state index in [2.05, 4.69) is 25.4 Å². The first-order valence-corrected chi connectivity index (χ1v) is 16.6. The molecule has 1 saturated carbocycles. The van der Waals surface area contributed by atoms with Crippen LogP contribution in [0.5, 0.6) is 11.6 Å². The molecule has 1 atom stereocenters. The third-order valence-electron chi connectivity index (χ3n) is 8.29. The predicted molar refractivity (Wildman–Crippen MR) is 179 cm³/mol. The zero-order valence-electron chi connectivity index (χ0n) is 27.3. The van der Waals surface area contributed by atoms with E-state index in [-0.39, 0.29) is 18.8 Å². The van der Waals surface area contributed by atoms with Crippen molar-refractivity contribution in [3.63, 3.8) is 0 Å². The van der Waals surface area contributed by atoms with Gasteiger partial charge in [-0.1, -0.05) is 22.9 Å². The number of anilines is 2. The summed E-state index contributed by atoms with van der Waals surface area (Å²) in [5, 5.41) is 20.4. The van der Waals surface area contributed by atoms with Gasteiger partial charge in [0.05, 0.1) is 49.7 Å². The molecular weight excluding hydrogens is 624 g/mol. The molecule has 3 heterocycles. The normalized spacial score (nSPS) is 19.3. The monoisotopic (exact) mass is 668 g/mol. The van der Waals surface area contributed by atoms with Gasteiger partial charge >= 0.3 is 0 Å². The maximum atomic E-state index is 7.33. The lowest BCUT2D eigenvalue weighted by Gasteiger charge is -2.38. The van der Waals surface area contributed by atoms with Crippen LogP contribution >= 0.6 is 11.6 Å². The molecule has 2 aromatic heterocycles. The van der Waals surface area contributed by atoms with Crippen molar-refractivity contribution in [2.75, 3.05) is 51.4 Å². The number of nitrogens with zero attached hydrogens (tertiary/aromatic N) is 7. The molecule has 254 valence electrons. The Morgan fingerprint density at radius 1 is 1.09 bits per heavy atom. The fourth-order valence-electron chi connectivity index (χ4n) is 5.88. The molecule has 1 aliphatic heterocycles. The van der Waals surface area contributed by atoms with Crippen molar-refractivity contribution in [2.24, 2.45) is 5.22 Å². The molecule has 47 heavy (non-hydrogen) atoms. The molecule has 3 N–H and O–H groups in total. The summed E-state index contributed by atoms with van der Waals surface area (Å²) in [4.78, 5) is 11.7. The van der Waals surface area contributed by atoms with Crippen molar-refractivity contribution >= 4 is 29.6 Å². The zero-order chi connectivity index (χ0) is 33.2. The number of ether oxygens (including phenoxy) is 4. The van der Waals surface area contributed by atoms with Gasteiger partial charge in [-0.05, 0) is 64.2 Å². The highest BCUT2D eigenvalue weighted by atomic mass is 35.5. The van der Waals surface area contributed by atoms with Crippen LogP contribution in [-0.2, 0) is 9.47 Å². The summed E-state index contributed by atoms with van der Waals surface area (Å²) >= 11 is 6.40. The third-order valence-corrected chi connectivity index (χ3v) is 8.60. The van der Waals surface area contributed by atoms with Crippen molar-refractivity contribution in [3.8, 4) is 22.8 Å². The minimum atomic E-state index is -0.365. The van der Waals surface area contributed by atoms with Crippen LogP contribution in [-0.4, -0.2) is 100 Å². The van der Waals surface area contributed by atoms with E-state index in [1.807, 2.05) is 43.8 Å². The van der Waals surface area contributed by atoms with Gasteiger partial charge in [0.25, 0.3) is 5.88 Å². The van der Waals surface area contributed by atoms with Gasteiger partial charge < -0.3 is 24.3 Å². The molecule has 0 radical (unpaired) electrons. The first-order chi connectivity index (χ1) is 22.8. The van der Waals surface area contributed by atoms with E-state index in [1.165, 1.54) is 5.01 Å². The first-order valence-electron chi connectivity index (χ1n) is 16.2. The third kappa shape index (κ3) is 9.60. The molecule has 3 aromatic rings. The van der Waals surface area contributed by atoms with Gasteiger partial charge in [-0.2, -0.15) is 5.53 Å². The fraction of sp³-hybridized carbons (Fsp3) is 0.562. The van der Waals surface area contributed by atoms with Crippen molar-refractivity contribution in [3.05, 3.63) is 41.8 Å². The largest absolute Gasteiger partial charge is 0.487 e. The number of hydrogen-bond acceptors (Lipinski definition) is 12. The summed E-state index contributed by atoms with van der Waals surface area (Å²) in [7, 11) is 0. The molecule has 2 fully saturated rings. The molecule has 2 aliphatic rings. The molecule has 1 saturated heterocycles. The highest BCUT2D eigenvalue weighted by Crippen LogP contribution is 2.35. The van der Waals surface area contributed by atoms with Crippen molar-refractivity contribution < 1.29 is 18.9 Å². The number of nitrogens with one attached hydrogen (secondary N) is 3. The average Bonchev–Trinajstić information content (AvgIpc) is 3.49. The Morgan fingerprint density at radius 3 is 2.49 bits per heavy atom. The number of benzene rings is 1. The highest BCUT2D eigenvalue weighted by Gasteiger charge is 2.29. The van der Waals surface area contributed by atoms with Gasteiger partial charge in [0.1, 0.15) is 30.5 Å². The van der Waals surface area contributed by atoms with Gasteiger partial charge in [-0.25, -0.2) is 15.0 Å². The van der Waals surface area contributed by atoms with E-state index in [1.54, 1.807) is 18.5 Å². The Balaban J connectivity index is 1.26. The van der Waals surface area contributed by atoms with Gasteiger partial charge in [0.15, 0.2) is 0 Å². The lowest BCUT2D eigenvalue weighted by Crippen LogP contribution is -2.45. The van der Waals surface area contributed by atoms with Crippen LogP contribution in [0.15, 0.2) is 42.0 Å². The van der Waals surface area contributed by atoms with E-state index >= 15 is 0 Å². The zero-order valence-corrected chi connectivity index (χ0v) is 28.0. The second-order valence-electron chi connectivity index (χ2n) is 12.1. The van der Waals surface area contributed by atoms with Crippen LogP contribution in [0.4, 0.5) is 11.6 Å². The Kier molecular flexibility index (Phi) is 12.3. The van der Waals surface area contributed by atoms with Gasteiger partial charge in [-0.3, -0.25) is 15.0 Å². The van der Waals surface area contributed by atoms with Crippen molar-refractivity contribution in [1.29, 1.82) is 10.9 Å². The minimum absolute atomic E-state index is 0.122. The van der Waals surface area contributed by atoms with E-state index in [0.29, 0.717) is 53.6 Å². The van der Waals surface area contributed by atoms with Crippen molar-refractivity contribution in [2.45, 2.75) is 70.7 Å². The lowest BCUT2D eigenvalue weighted by atomic mass is 9.90. The Hall–Kier alpha value is -3.85. The van der Waals surface area contributed by atoms with E-state index < -0.39 is 0 Å². The predicted octanol–water partition coefficient (Wildman–Crippen LogP) is 5.98. The number of rotatable bonds is 16. The molecule has 1 aromatic carbocycles. The van der Waals surface area contributed by atoms with Crippen LogP contribution < -0.4 is 14.8 Å². The fourth-order valence-corrected chi connectivity index (χ4v) is 6.04. The van der Waals surface area contributed by atoms with Crippen LogP contribution in [0.25, 0.3) is 11.1 Å².